The third-order valence-corrected chi connectivity index (χ3v) is 11.5. The molecule has 2 unspecified atom stereocenters. The Morgan fingerprint density at radius 1 is 1.00 bits per heavy atom. The average Bonchev–Trinajstić information content (AvgIpc) is 3.46. The molecule has 11 heteroatoms. The maximum absolute atomic E-state index is 14.3. The van der Waals surface area contributed by atoms with E-state index in [9.17, 15) is 27.6 Å². The molecule has 2 fully saturated rings. The monoisotopic (exact) mass is 730 g/mol. The number of carbonyl (C=O) groups excluding carboxylic acids is 3. The fourth-order valence-electron chi connectivity index (χ4n) is 9.60. The van der Waals surface area contributed by atoms with Crippen LogP contribution in [0.25, 0.3) is 6.08 Å². The van der Waals surface area contributed by atoms with Gasteiger partial charge in [0.05, 0.1) is 23.1 Å². The normalized spacial score (nSPS) is 25.8. The summed E-state index contributed by atoms with van der Waals surface area (Å²) in [7, 11) is 0. The van der Waals surface area contributed by atoms with Gasteiger partial charge in [0.25, 0.3) is 0 Å². The maximum Gasteiger partial charge on any atom is 0.416 e. The Kier molecular flexibility index (Phi) is 9.68. The van der Waals surface area contributed by atoms with Gasteiger partial charge in [-0.15, -0.1) is 0 Å². The minimum Gasteiger partial charge on any atom is -0.483 e. The number of rotatable bonds is 10. The molecule has 0 N–H and O–H groups in total. The Morgan fingerprint density at radius 3 is 2.40 bits per heavy atom. The molecule has 53 heavy (non-hydrogen) atoms. The van der Waals surface area contributed by atoms with Crippen LogP contribution in [0.3, 0.4) is 0 Å². The predicted octanol–water partition coefficient (Wildman–Crippen LogP) is 7.16. The van der Waals surface area contributed by atoms with Crippen LogP contribution in [0.4, 0.5) is 13.2 Å². The standard InChI is InChI=1S/C42H45F3N2O6/c1-26(2)25-47(36(50)17-12-30-10-14-32(15-11-30)42(43,44)45)33-18-20-41(53-28(4)49)35-24-31-13-16-34(51-27(3)48)38-37(31)40(41,39(33)52-38)21-23-46(35)22-19-29-8-6-5-7-9-29/h5-17,26,33,35,39H,18-25H2,1-4H3/b17-12-/t33?,35-,39?,40+,41-/m1/s1. The third-order valence-electron chi connectivity index (χ3n) is 11.5. The van der Waals surface area contributed by atoms with Gasteiger partial charge in [0, 0.05) is 38.6 Å². The number of halogens is 3. The Morgan fingerprint density at radius 2 is 1.74 bits per heavy atom. The van der Waals surface area contributed by atoms with Crippen molar-refractivity contribution in [1.29, 1.82) is 0 Å². The summed E-state index contributed by atoms with van der Waals surface area (Å²) in [6.45, 7) is 8.69. The van der Waals surface area contributed by atoms with Crippen molar-refractivity contribution >= 4 is 23.9 Å². The van der Waals surface area contributed by atoms with E-state index in [1.54, 1.807) is 6.07 Å². The molecule has 1 amide bonds. The smallest absolute Gasteiger partial charge is 0.416 e. The van der Waals surface area contributed by atoms with Gasteiger partial charge in [0.15, 0.2) is 11.5 Å². The van der Waals surface area contributed by atoms with Crippen LogP contribution in [0.15, 0.2) is 72.8 Å². The highest BCUT2D eigenvalue weighted by Gasteiger charge is 2.75. The lowest BCUT2D eigenvalue weighted by atomic mass is 9.48. The topological polar surface area (TPSA) is 85.4 Å². The summed E-state index contributed by atoms with van der Waals surface area (Å²) in [4.78, 5) is 44.0. The Hall–Kier alpha value is -4.64. The van der Waals surface area contributed by atoms with Gasteiger partial charge in [0.1, 0.15) is 11.7 Å². The molecule has 4 aliphatic rings. The van der Waals surface area contributed by atoms with Crippen molar-refractivity contribution in [2.45, 2.75) is 95.2 Å². The molecule has 1 saturated carbocycles. The number of carbonyl (C=O) groups is 3. The van der Waals surface area contributed by atoms with Crippen LogP contribution >= 0.6 is 0 Å². The zero-order valence-corrected chi connectivity index (χ0v) is 30.4. The van der Waals surface area contributed by atoms with Gasteiger partial charge in [-0.2, -0.15) is 13.2 Å². The number of benzene rings is 3. The van der Waals surface area contributed by atoms with Gasteiger partial charge in [-0.1, -0.05) is 62.4 Å². The van der Waals surface area contributed by atoms with Crippen LogP contribution in [0.5, 0.6) is 11.5 Å². The van der Waals surface area contributed by atoms with Gasteiger partial charge in [-0.25, -0.2) is 0 Å². The molecule has 280 valence electrons. The van der Waals surface area contributed by atoms with Crippen LogP contribution in [0, 0.1) is 5.92 Å². The Labute approximate surface area is 307 Å². The van der Waals surface area contributed by atoms with E-state index < -0.39 is 40.9 Å². The zero-order valence-electron chi connectivity index (χ0n) is 30.4. The zero-order chi connectivity index (χ0) is 37.7. The number of likely N-dealkylation sites (tertiary alicyclic amines) is 1. The first-order valence-corrected chi connectivity index (χ1v) is 18.4. The quantitative estimate of drug-likeness (QED) is 0.124. The summed E-state index contributed by atoms with van der Waals surface area (Å²) >= 11 is 0. The lowest BCUT2D eigenvalue weighted by molar-refractivity contribution is -0.224. The Balaban J connectivity index is 1.30. The highest BCUT2D eigenvalue weighted by molar-refractivity contribution is 5.92. The highest BCUT2D eigenvalue weighted by atomic mass is 19.4. The maximum atomic E-state index is 14.3. The number of hydrogen-bond donors (Lipinski definition) is 0. The van der Waals surface area contributed by atoms with Crippen molar-refractivity contribution in [2.75, 3.05) is 19.6 Å². The number of piperidine rings is 1. The van der Waals surface area contributed by atoms with Crippen LogP contribution in [-0.2, 0) is 43.6 Å². The summed E-state index contributed by atoms with van der Waals surface area (Å²) in [5.41, 5.74) is 1.03. The first-order valence-electron chi connectivity index (χ1n) is 18.4. The largest absolute Gasteiger partial charge is 0.483 e. The predicted molar refractivity (Wildman–Crippen MR) is 192 cm³/mol. The van der Waals surface area contributed by atoms with Crippen LogP contribution < -0.4 is 9.47 Å². The van der Waals surface area contributed by atoms with E-state index in [0.29, 0.717) is 55.8 Å². The Bertz CT molecular complexity index is 1910. The molecule has 0 aromatic heterocycles. The first-order chi connectivity index (χ1) is 25.2. The van der Waals surface area contributed by atoms with E-state index in [4.69, 9.17) is 14.2 Å². The number of hydrogen-bond acceptors (Lipinski definition) is 7. The minimum absolute atomic E-state index is 0.0750. The van der Waals surface area contributed by atoms with Gasteiger partial charge < -0.3 is 19.1 Å². The summed E-state index contributed by atoms with van der Waals surface area (Å²) in [6, 6.07) is 18.1. The first kappa shape index (κ1) is 36.7. The molecule has 2 bridgehead atoms. The van der Waals surface area contributed by atoms with E-state index in [2.05, 4.69) is 17.0 Å². The van der Waals surface area contributed by atoms with Gasteiger partial charge >= 0.3 is 18.1 Å². The van der Waals surface area contributed by atoms with Crippen molar-refractivity contribution in [3.05, 3.63) is 101 Å². The SMILES string of the molecule is CC(=O)Oc1ccc2c3c1OC1C(N(CC(C)C)C(=O)/C=C\c4ccc(C(F)(F)F)cc4)CC[C@@]4(OC(C)=O)[C@@H](C2)N(CCc2ccccc2)CC[C@]314. The molecule has 2 heterocycles. The van der Waals surface area contributed by atoms with Crippen LogP contribution in [0.1, 0.15) is 74.8 Å². The molecule has 3 aromatic carbocycles. The van der Waals surface area contributed by atoms with Crippen molar-refractivity contribution in [1.82, 2.24) is 9.80 Å². The molecule has 7 rings (SSSR count). The summed E-state index contributed by atoms with van der Waals surface area (Å²) in [5, 5.41) is 0. The second kappa shape index (κ2) is 14.0. The molecule has 0 radical (unpaired) electrons. The van der Waals surface area contributed by atoms with E-state index in [1.165, 1.54) is 43.7 Å². The van der Waals surface area contributed by atoms with Gasteiger partial charge in [-0.05, 0) is 85.5 Å². The molecule has 3 aromatic rings. The summed E-state index contributed by atoms with van der Waals surface area (Å²) in [5.74, 6) is -0.351. The molecule has 5 atom stereocenters. The highest BCUT2D eigenvalue weighted by Crippen LogP contribution is 2.67. The van der Waals surface area contributed by atoms with Crippen LogP contribution in [0.2, 0.25) is 0 Å². The van der Waals surface area contributed by atoms with E-state index >= 15 is 0 Å². The second-order valence-electron chi connectivity index (χ2n) is 15.2. The molecule has 8 nitrogen and oxygen atoms in total. The van der Waals surface area contributed by atoms with Crippen molar-refractivity contribution in [2.24, 2.45) is 5.92 Å². The van der Waals surface area contributed by atoms with Crippen LogP contribution in [-0.4, -0.2) is 71.1 Å². The molecular weight excluding hydrogens is 685 g/mol. The summed E-state index contributed by atoms with van der Waals surface area (Å²) < 4.78 is 58.9. The molecule has 1 saturated heterocycles. The van der Waals surface area contributed by atoms with Crippen molar-refractivity contribution in [3.8, 4) is 11.5 Å². The lowest BCUT2D eigenvalue weighted by Gasteiger charge is -2.65. The fraction of sp³-hybridized carbons (Fsp3) is 0.452. The lowest BCUT2D eigenvalue weighted by Crippen LogP contribution is -2.79. The molecule has 2 aliphatic carbocycles. The van der Waals surface area contributed by atoms with E-state index in [-0.39, 0.29) is 23.8 Å². The molecular formula is C42H45F3N2O6. The van der Waals surface area contributed by atoms with E-state index in [0.717, 1.165) is 36.2 Å². The number of alkyl halides is 3. The van der Waals surface area contributed by atoms with Gasteiger partial charge in [0.2, 0.25) is 5.91 Å². The van der Waals surface area contributed by atoms with Crippen molar-refractivity contribution < 1.29 is 41.8 Å². The number of esters is 2. The molecule has 1 spiro atoms. The average molecular weight is 731 g/mol. The second-order valence-corrected chi connectivity index (χ2v) is 15.2. The van der Waals surface area contributed by atoms with Gasteiger partial charge in [-0.3, -0.25) is 19.3 Å². The minimum atomic E-state index is -4.46. The fourth-order valence-corrected chi connectivity index (χ4v) is 9.60. The van der Waals surface area contributed by atoms with E-state index in [1.807, 2.05) is 43.0 Å². The summed E-state index contributed by atoms with van der Waals surface area (Å²) in [6.07, 6.45) is 0.813. The third kappa shape index (κ3) is 6.51. The number of nitrogens with zero attached hydrogens (tertiary/aromatic N) is 2. The van der Waals surface area contributed by atoms with Crippen molar-refractivity contribution in [3.63, 3.8) is 0 Å². The number of amides is 1. The molecule has 2 aliphatic heterocycles. The number of ether oxygens (including phenoxy) is 3.